The summed E-state index contributed by atoms with van der Waals surface area (Å²) in [4.78, 5) is 25.4. The Morgan fingerprint density at radius 2 is 1.73 bits per heavy atom. The molecule has 0 aliphatic carbocycles. The van der Waals surface area contributed by atoms with Crippen LogP contribution in [0.15, 0.2) is 75.0 Å². The fourth-order valence-electron chi connectivity index (χ4n) is 2.87. The second-order valence-electron chi connectivity index (χ2n) is 6.01. The quantitative estimate of drug-likeness (QED) is 0.521. The highest BCUT2D eigenvalue weighted by Crippen LogP contribution is 2.13. The summed E-state index contributed by atoms with van der Waals surface area (Å²) in [6.45, 7) is 2.31. The normalized spacial score (nSPS) is 11.2. The van der Waals surface area contributed by atoms with Crippen LogP contribution >= 0.6 is 15.9 Å². The lowest BCUT2D eigenvalue weighted by atomic mass is 10.1. The van der Waals surface area contributed by atoms with Gasteiger partial charge in [0, 0.05) is 22.6 Å². The van der Waals surface area contributed by atoms with Crippen LogP contribution < -0.4 is 11.2 Å². The van der Waals surface area contributed by atoms with Crippen molar-refractivity contribution in [3.05, 3.63) is 97.4 Å². The summed E-state index contributed by atoms with van der Waals surface area (Å²) in [5.74, 6) is 0. The number of aromatic nitrogens is 4. The predicted molar refractivity (Wildman–Crippen MR) is 103 cm³/mol. The molecule has 0 spiro atoms. The van der Waals surface area contributed by atoms with Crippen LogP contribution in [0.3, 0.4) is 0 Å². The summed E-state index contributed by atoms with van der Waals surface area (Å²) in [6.07, 6.45) is 3.15. The lowest BCUT2D eigenvalue weighted by molar-refractivity contribution is 0.656. The van der Waals surface area contributed by atoms with Gasteiger partial charge in [-0.1, -0.05) is 40.2 Å². The molecule has 130 valence electrons. The Balaban J connectivity index is 1.84. The molecule has 0 aliphatic rings. The van der Waals surface area contributed by atoms with E-state index in [1.807, 2.05) is 55.5 Å². The van der Waals surface area contributed by atoms with Gasteiger partial charge in [0.2, 0.25) is 5.65 Å². The summed E-state index contributed by atoms with van der Waals surface area (Å²) in [7, 11) is 0. The van der Waals surface area contributed by atoms with Crippen molar-refractivity contribution in [3.63, 3.8) is 0 Å². The van der Waals surface area contributed by atoms with Gasteiger partial charge in [0.15, 0.2) is 0 Å². The van der Waals surface area contributed by atoms with Crippen molar-refractivity contribution in [1.82, 2.24) is 18.7 Å². The molecule has 4 aromatic rings. The van der Waals surface area contributed by atoms with Gasteiger partial charge in [-0.2, -0.15) is 0 Å². The van der Waals surface area contributed by atoms with E-state index in [4.69, 9.17) is 0 Å². The highest BCUT2D eigenvalue weighted by atomic mass is 79.9. The average molecular weight is 411 g/mol. The largest absolute Gasteiger partial charge is 0.350 e. The van der Waals surface area contributed by atoms with Gasteiger partial charge in [-0.15, -0.1) is 5.10 Å². The second kappa shape index (κ2) is 6.42. The Labute approximate surface area is 157 Å². The molecule has 0 saturated heterocycles. The molecule has 2 aromatic heterocycles. The predicted octanol–water partition coefficient (Wildman–Crippen LogP) is 2.77. The average Bonchev–Trinajstić information content (AvgIpc) is 2.95. The van der Waals surface area contributed by atoms with E-state index in [-0.39, 0.29) is 16.9 Å². The molecular weight excluding hydrogens is 396 g/mol. The standard InChI is InChI=1S/C19H15BrN4O2/c1-13-4-2-3-5-14(13)12-24-19(26)23-11-10-22(18(25)17(23)21-24)16-8-6-15(20)7-9-16/h2-11H,12H2,1H3. The first-order chi connectivity index (χ1) is 12.5. The number of halogens is 1. The number of rotatable bonds is 3. The van der Waals surface area contributed by atoms with Crippen LogP contribution in [-0.2, 0) is 6.54 Å². The third-order valence-corrected chi connectivity index (χ3v) is 4.86. The molecule has 0 amide bonds. The van der Waals surface area contributed by atoms with Crippen LogP contribution in [0, 0.1) is 6.92 Å². The van der Waals surface area contributed by atoms with E-state index in [1.54, 1.807) is 12.4 Å². The van der Waals surface area contributed by atoms with E-state index >= 15 is 0 Å². The topological polar surface area (TPSA) is 61.3 Å². The molecule has 0 fully saturated rings. The Bertz CT molecular complexity index is 1220. The van der Waals surface area contributed by atoms with Gasteiger partial charge in [0.1, 0.15) is 0 Å². The van der Waals surface area contributed by atoms with E-state index in [0.717, 1.165) is 15.6 Å². The highest BCUT2D eigenvalue weighted by molar-refractivity contribution is 9.10. The van der Waals surface area contributed by atoms with Crippen molar-refractivity contribution in [2.75, 3.05) is 0 Å². The van der Waals surface area contributed by atoms with Crippen LogP contribution in [-0.4, -0.2) is 18.7 Å². The van der Waals surface area contributed by atoms with Gasteiger partial charge >= 0.3 is 11.2 Å². The van der Waals surface area contributed by atoms with E-state index in [1.165, 1.54) is 13.6 Å². The van der Waals surface area contributed by atoms with E-state index in [0.29, 0.717) is 12.2 Å². The smallest absolute Gasteiger partial charge is 0.280 e. The first-order valence-corrected chi connectivity index (χ1v) is 8.85. The maximum atomic E-state index is 12.8. The zero-order chi connectivity index (χ0) is 18.3. The molecule has 0 bridgehead atoms. The van der Waals surface area contributed by atoms with Crippen molar-refractivity contribution in [2.24, 2.45) is 0 Å². The monoisotopic (exact) mass is 410 g/mol. The van der Waals surface area contributed by atoms with Crippen molar-refractivity contribution < 1.29 is 0 Å². The summed E-state index contributed by atoms with van der Waals surface area (Å²) < 4.78 is 5.02. The number of hydrogen-bond donors (Lipinski definition) is 0. The molecule has 0 aliphatic heterocycles. The SMILES string of the molecule is Cc1ccccc1Cn1nc2c(=O)n(-c3ccc(Br)cc3)ccn2c1=O. The molecule has 26 heavy (non-hydrogen) atoms. The van der Waals surface area contributed by atoms with Crippen LogP contribution in [0.5, 0.6) is 0 Å². The van der Waals surface area contributed by atoms with E-state index in [2.05, 4.69) is 21.0 Å². The Kier molecular flexibility index (Phi) is 4.08. The minimum atomic E-state index is -0.338. The number of hydrogen-bond acceptors (Lipinski definition) is 3. The van der Waals surface area contributed by atoms with Crippen molar-refractivity contribution in [3.8, 4) is 5.69 Å². The third-order valence-electron chi connectivity index (χ3n) is 4.33. The molecule has 0 unspecified atom stereocenters. The summed E-state index contributed by atoms with van der Waals surface area (Å²) >= 11 is 3.38. The minimum Gasteiger partial charge on any atom is -0.280 e. The van der Waals surface area contributed by atoms with E-state index < -0.39 is 0 Å². The van der Waals surface area contributed by atoms with Crippen LogP contribution in [0.2, 0.25) is 0 Å². The highest BCUT2D eigenvalue weighted by Gasteiger charge is 2.13. The lowest BCUT2D eigenvalue weighted by Crippen LogP contribution is -2.24. The van der Waals surface area contributed by atoms with Gasteiger partial charge in [-0.25, -0.2) is 13.9 Å². The first-order valence-electron chi connectivity index (χ1n) is 8.06. The lowest BCUT2D eigenvalue weighted by Gasteiger charge is -2.05. The zero-order valence-corrected chi connectivity index (χ0v) is 15.5. The summed E-state index contributed by atoms with van der Waals surface area (Å²) in [5.41, 5.74) is 2.21. The first kappa shape index (κ1) is 16.5. The molecule has 7 heteroatoms. The molecule has 0 atom stereocenters. The van der Waals surface area contributed by atoms with Crippen LogP contribution in [0.25, 0.3) is 11.3 Å². The fourth-order valence-corrected chi connectivity index (χ4v) is 3.13. The van der Waals surface area contributed by atoms with Gasteiger partial charge in [0.25, 0.3) is 0 Å². The zero-order valence-electron chi connectivity index (χ0n) is 14.0. The Morgan fingerprint density at radius 3 is 2.46 bits per heavy atom. The number of aryl methyl sites for hydroxylation is 1. The number of fused-ring (bicyclic) bond motifs is 1. The number of nitrogens with zero attached hydrogens (tertiary/aromatic N) is 4. The molecule has 0 radical (unpaired) electrons. The molecule has 0 saturated carbocycles. The minimum absolute atomic E-state index is 0.106. The van der Waals surface area contributed by atoms with Crippen molar-refractivity contribution in [2.45, 2.75) is 13.5 Å². The molecule has 6 nitrogen and oxygen atoms in total. The molecule has 0 N–H and O–H groups in total. The van der Waals surface area contributed by atoms with Crippen molar-refractivity contribution >= 4 is 21.6 Å². The van der Waals surface area contributed by atoms with Crippen molar-refractivity contribution in [1.29, 1.82) is 0 Å². The van der Waals surface area contributed by atoms with E-state index in [9.17, 15) is 9.59 Å². The Hall–Kier alpha value is -2.93. The number of benzene rings is 2. The second-order valence-corrected chi connectivity index (χ2v) is 6.93. The van der Waals surface area contributed by atoms with Gasteiger partial charge < -0.3 is 0 Å². The maximum Gasteiger partial charge on any atom is 0.350 e. The van der Waals surface area contributed by atoms with Crippen LogP contribution in [0.1, 0.15) is 11.1 Å². The van der Waals surface area contributed by atoms with Gasteiger partial charge in [-0.05, 0) is 42.3 Å². The van der Waals surface area contributed by atoms with Gasteiger partial charge in [-0.3, -0.25) is 9.36 Å². The van der Waals surface area contributed by atoms with Gasteiger partial charge in [0.05, 0.1) is 6.54 Å². The fraction of sp³-hybridized carbons (Fsp3) is 0.105. The summed E-state index contributed by atoms with van der Waals surface area (Å²) in [6, 6.07) is 15.2. The molecule has 2 heterocycles. The molecular formula is C19H15BrN4O2. The summed E-state index contributed by atoms with van der Waals surface area (Å²) in [5, 5.41) is 4.28. The molecule has 2 aromatic carbocycles. The Morgan fingerprint density at radius 1 is 1.00 bits per heavy atom. The maximum absolute atomic E-state index is 12.8. The molecule has 4 rings (SSSR count). The van der Waals surface area contributed by atoms with Crippen LogP contribution in [0.4, 0.5) is 0 Å². The third kappa shape index (κ3) is 2.80.